The number of tetrazole rings is 1. The molecule has 1 N–H and O–H groups in total. The molecular formula is C23H15F3N8OS. The monoisotopic (exact) mass is 508 g/mol. The maximum atomic E-state index is 13.6. The zero-order valence-corrected chi connectivity index (χ0v) is 19.0. The number of aromatic nitrogens is 7. The summed E-state index contributed by atoms with van der Waals surface area (Å²) in [4.78, 5) is 18.1. The summed E-state index contributed by atoms with van der Waals surface area (Å²) >= 11 is 1.37. The molecule has 0 aliphatic carbocycles. The van der Waals surface area contributed by atoms with Gasteiger partial charge in [-0.2, -0.15) is 23.0 Å². The number of nitrogens with zero attached hydrogens (tertiary/aromatic N) is 7. The first kappa shape index (κ1) is 23.1. The van der Waals surface area contributed by atoms with Crippen LogP contribution in [0.3, 0.4) is 0 Å². The Hall–Kier alpha value is -4.65. The van der Waals surface area contributed by atoms with Crippen molar-refractivity contribution < 1.29 is 18.0 Å². The van der Waals surface area contributed by atoms with Gasteiger partial charge in [0, 0.05) is 10.4 Å². The van der Waals surface area contributed by atoms with Crippen LogP contribution < -0.4 is 5.32 Å². The number of hydrogen-bond acceptors (Lipinski definition) is 7. The van der Waals surface area contributed by atoms with Crippen molar-refractivity contribution in [2.45, 2.75) is 6.18 Å². The second-order valence-corrected chi connectivity index (χ2v) is 8.33. The number of thiophene rings is 1. The van der Waals surface area contributed by atoms with Gasteiger partial charge in [-0.3, -0.25) is 4.79 Å². The minimum absolute atomic E-state index is 0.00301. The number of rotatable bonds is 6. The summed E-state index contributed by atoms with van der Waals surface area (Å²) in [5.74, 6) is -0.442. The summed E-state index contributed by atoms with van der Waals surface area (Å²) < 4.78 is 42.9. The van der Waals surface area contributed by atoms with Crippen molar-refractivity contribution in [2.75, 3.05) is 5.32 Å². The van der Waals surface area contributed by atoms with Gasteiger partial charge in [-0.15, -0.1) is 16.4 Å². The van der Waals surface area contributed by atoms with Gasteiger partial charge < -0.3 is 5.32 Å². The van der Waals surface area contributed by atoms with Gasteiger partial charge in [0.25, 0.3) is 5.91 Å². The Balaban J connectivity index is 1.60. The van der Waals surface area contributed by atoms with Crippen LogP contribution >= 0.6 is 11.3 Å². The number of benzene rings is 2. The topological polar surface area (TPSA) is 103 Å². The minimum Gasteiger partial charge on any atom is -0.319 e. The van der Waals surface area contributed by atoms with Crippen molar-refractivity contribution in [2.24, 2.45) is 0 Å². The maximum Gasteiger partial charge on any atom is 0.416 e. The van der Waals surface area contributed by atoms with Gasteiger partial charge in [0.1, 0.15) is 18.4 Å². The summed E-state index contributed by atoms with van der Waals surface area (Å²) in [6, 6.07) is 15.5. The van der Waals surface area contributed by atoms with E-state index in [9.17, 15) is 18.0 Å². The third-order valence-electron chi connectivity index (χ3n) is 5.02. The summed E-state index contributed by atoms with van der Waals surface area (Å²) in [6.07, 6.45) is -0.508. The van der Waals surface area contributed by atoms with Crippen LogP contribution in [-0.4, -0.2) is 40.9 Å². The third-order valence-corrected chi connectivity index (χ3v) is 5.84. The van der Waals surface area contributed by atoms with E-state index in [1.54, 1.807) is 42.5 Å². The van der Waals surface area contributed by atoms with E-state index in [4.69, 9.17) is 0 Å². The van der Waals surface area contributed by atoms with E-state index >= 15 is 0 Å². The zero-order chi connectivity index (χ0) is 25.1. The van der Waals surface area contributed by atoms with E-state index in [2.05, 4.69) is 30.9 Å². The lowest BCUT2D eigenvalue weighted by molar-refractivity contribution is -0.137. The molecule has 9 nitrogen and oxygen atoms in total. The quantitative estimate of drug-likeness (QED) is 0.335. The number of anilines is 1. The highest BCUT2D eigenvalue weighted by Crippen LogP contribution is 2.34. The molecule has 0 saturated carbocycles. The van der Waals surface area contributed by atoms with Gasteiger partial charge in [-0.25, -0.2) is 9.67 Å². The molecule has 0 fully saturated rings. The first-order valence-electron chi connectivity index (χ1n) is 10.4. The zero-order valence-electron chi connectivity index (χ0n) is 18.2. The average molecular weight is 508 g/mol. The number of amides is 1. The van der Waals surface area contributed by atoms with E-state index in [0.29, 0.717) is 5.56 Å². The minimum atomic E-state index is -4.62. The number of alkyl halides is 3. The van der Waals surface area contributed by atoms with Gasteiger partial charge in [-0.05, 0) is 46.1 Å². The Morgan fingerprint density at radius 3 is 2.58 bits per heavy atom. The molecule has 3 aromatic heterocycles. The molecule has 2 aromatic carbocycles. The van der Waals surface area contributed by atoms with Crippen LogP contribution in [0.2, 0.25) is 0 Å². The van der Waals surface area contributed by atoms with Crippen LogP contribution in [0.5, 0.6) is 0 Å². The molecule has 0 bridgehead atoms. The lowest BCUT2D eigenvalue weighted by Crippen LogP contribution is -2.21. The fourth-order valence-electron chi connectivity index (χ4n) is 3.38. The highest BCUT2D eigenvalue weighted by Gasteiger charge is 2.32. The summed E-state index contributed by atoms with van der Waals surface area (Å²) in [5, 5.41) is 20.1. The Morgan fingerprint density at radius 1 is 1.06 bits per heavy atom. The molecule has 0 unspecified atom stereocenters. The molecule has 0 atom stereocenters. The molecular weight excluding hydrogens is 493 g/mol. The molecule has 5 rings (SSSR count). The molecule has 0 aliphatic rings. The Kier molecular flexibility index (Phi) is 6.12. The fourth-order valence-corrected chi connectivity index (χ4v) is 4.03. The lowest BCUT2D eigenvalue weighted by Gasteiger charge is -2.16. The molecule has 0 radical (unpaired) electrons. The predicted octanol–water partition coefficient (Wildman–Crippen LogP) is 4.64. The molecule has 3 heterocycles. The van der Waals surface area contributed by atoms with Gasteiger partial charge in [0.2, 0.25) is 0 Å². The highest BCUT2D eigenvalue weighted by molar-refractivity contribution is 7.10. The molecule has 180 valence electrons. The van der Waals surface area contributed by atoms with Crippen LogP contribution in [-0.2, 0) is 11.0 Å². The first-order valence-corrected chi connectivity index (χ1v) is 11.2. The summed E-state index contributed by atoms with van der Waals surface area (Å²) in [7, 11) is 0. The number of nitrogens with one attached hydrogen (secondary N) is 1. The number of carbonyl (C=O) groups excluding carboxylic acids is 1. The van der Waals surface area contributed by atoms with E-state index in [-0.39, 0.29) is 22.9 Å². The van der Waals surface area contributed by atoms with Gasteiger partial charge >= 0.3 is 6.18 Å². The van der Waals surface area contributed by atoms with Crippen molar-refractivity contribution in [3.05, 3.63) is 89.1 Å². The second-order valence-electron chi connectivity index (χ2n) is 7.35. The Bertz CT molecular complexity index is 1510. The SMILES string of the molecule is O=C(Nc1cc(C(F)(F)F)ccc1-n1cncn1)C(=Cc1cccs1)n1nnnc1-c1ccccc1. The van der Waals surface area contributed by atoms with E-state index in [0.717, 1.165) is 17.0 Å². The van der Waals surface area contributed by atoms with Gasteiger partial charge in [0.15, 0.2) is 5.82 Å². The molecule has 13 heteroatoms. The average Bonchev–Trinajstić information content (AvgIpc) is 3.65. The largest absolute Gasteiger partial charge is 0.416 e. The van der Waals surface area contributed by atoms with E-state index in [1.807, 2.05) is 11.4 Å². The van der Waals surface area contributed by atoms with Crippen molar-refractivity contribution in [1.82, 2.24) is 35.0 Å². The Labute approximate surface area is 205 Å². The molecule has 1 amide bonds. The van der Waals surface area contributed by atoms with Gasteiger partial charge in [-0.1, -0.05) is 36.4 Å². The standard InChI is InChI=1S/C23H15F3N8OS/c24-23(25,26)16-8-9-19(33-14-27-13-28-33)18(11-16)29-22(35)20(12-17-7-4-10-36-17)34-21(30-31-32-34)15-5-2-1-3-6-15/h1-14H,(H,29,35). The van der Waals surface area contributed by atoms with E-state index < -0.39 is 17.6 Å². The number of halogens is 3. The molecule has 5 aromatic rings. The molecule has 0 saturated heterocycles. The van der Waals surface area contributed by atoms with Crippen LogP contribution in [0, 0.1) is 0 Å². The maximum absolute atomic E-state index is 13.6. The van der Waals surface area contributed by atoms with Crippen molar-refractivity contribution in [1.29, 1.82) is 0 Å². The first-order chi connectivity index (χ1) is 17.4. The van der Waals surface area contributed by atoms with Gasteiger partial charge in [0.05, 0.1) is 16.9 Å². The van der Waals surface area contributed by atoms with E-state index in [1.165, 1.54) is 39.4 Å². The highest BCUT2D eigenvalue weighted by atomic mass is 32.1. The van der Waals surface area contributed by atoms with Crippen molar-refractivity contribution in [3.8, 4) is 17.1 Å². The molecule has 0 spiro atoms. The smallest absolute Gasteiger partial charge is 0.319 e. The van der Waals surface area contributed by atoms with Crippen LogP contribution in [0.1, 0.15) is 10.4 Å². The lowest BCUT2D eigenvalue weighted by atomic mass is 10.1. The van der Waals surface area contributed by atoms with Crippen molar-refractivity contribution in [3.63, 3.8) is 0 Å². The van der Waals surface area contributed by atoms with Crippen LogP contribution in [0.4, 0.5) is 18.9 Å². The fraction of sp³-hybridized carbons (Fsp3) is 0.0435. The summed E-state index contributed by atoms with van der Waals surface area (Å²) in [6.45, 7) is 0. The number of hydrogen-bond donors (Lipinski definition) is 1. The normalized spacial score (nSPS) is 12.0. The second kappa shape index (κ2) is 9.54. The Morgan fingerprint density at radius 2 is 1.89 bits per heavy atom. The van der Waals surface area contributed by atoms with Crippen LogP contribution in [0.25, 0.3) is 28.8 Å². The molecule has 0 aliphatic heterocycles. The predicted molar refractivity (Wildman–Crippen MR) is 127 cm³/mol. The number of carbonyl (C=O) groups is 1. The molecule has 36 heavy (non-hydrogen) atoms. The third kappa shape index (κ3) is 4.77. The van der Waals surface area contributed by atoms with Crippen LogP contribution in [0.15, 0.2) is 78.7 Å². The van der Waals surface area contributed by atoms with Crippen molar-refractivity contribution >= 4 is 34.7 Å². The summed E-state index contributed by atoms with van der Waals surface area (Å²) in [5.41, 5.74) is -0.202.